The van der Waals surface area contributed by atoms with Gasteiger partial charge < -0.3 is 10.2 Å². The minimum Gasteiger partial charge on any atom is -0.354 e. The molecule has 0 aromatic heterocycles. The zero-order chi connectivity index (χ0) is 29.1. The van der Waals surface area contributed by atoms with Gasteiger partial charge in [0.15, 0.2) is 0 Å². The number of nitrogens with one attached hydrogen (secondary N) is 1. The van der Waals surface area contributed by atoms with Crippen LogP contribution in [-0.4, -0.2) is 50.5 Å². The van der Waals surface area contributed by atoms with E-state index in [2.05, 4.69) is 5.32 Å². The molecule has 3 aromatic carbocycles. The fourth-order valence-corrected chi connectivity index (χ4v) is 5.54. The largest absolute Gasteiger partial charge is 0.354 e. The Hall–Kier alpha value is -3.43. The first-order valence-corrected chi connectivity index (χ1v) is 15.4. The Bertz CT molecular complexity index is 1370. The van der Waals surface area contributed by atoms with Crippen LogP contribution in [0.1, 0.15) is 37.3 Å². The van der Waals surface area contributed by atoms with E-state index in [1.807, 2.05) is 43.3 Å². The van der Waals surface area contributed by atoms with E-state index >= 15 is 0 Å². The van der Waals surface area contributed by atoms with Crippen molar-refractivity contribution in [1.29, 1.82) is 0 Å². The molecule has 0 heterocycles. The highest BCUT2D eigenvalue weighted by atomic mass is 35.5. The second kappa shape index (κ2) is 14.8. The van der Waals surface area contributed by atoms with Gasteiger partial charge in [-0.25, -0.2) is 12.8 Å². The van der Waals surface area contributed by atoms with Gasteiger partial charge in [0, 0.05) is 37.5 Å². The van der Waals surface area contributed by atoms with Crippen molar-refractivity contribution < 1.29 is 22.4 Å². The number of rotatable bonds is 14. The van der Waals surface area contributed by atoms with Gasteiger partial charge in [0.1, 0.15) is 11.9 Å². The van der Waals surface area contributed by atoms with E-state index in [-0.39, 0.29) is 37.7 Å². The summed E-state index contributed by atoms with van der Waals surface area (Å²) in [6, 6.07) is 21.0. The first kappa shape index (κ1) is 31.1. The van der Waals surface area contributed by atoms with Crippen LogP contribution in [-0.2, 0) is 32.6 Å². The fourth-order valence-electron chi connectivity index (χ4n) is 4.36. The van der Waals surface area contributed by atoms with Crippen molar-refractivity contribution in [2.24, 2.45) is 0 Å². The Morgan fingerprint density at radius 2 is 1.65 bits per heavy atom. The minimum atomic E-state index is -3.68. The van der Waals surface area contributed by atoms with Gasteiger partial charge in [0.05, 0.1) is 11.9 Å². The number of hydrogen-bond acceptors (Lipinski definition) is 4. The number of amides is 2. The molecule has 1 atom stereocenters. The third-order valence-corrected chi connectivity index (χ3v) is 7.76. The summed E-state index contributed by atoms with van der Waals surface area (Å²) >= 11 is 6.21. The Morgan fingerprint density at radius 3 is 2.27 bits per heavy atom. The normalized spacial score (nSPS) is 12.0. The van der Waals surface area contributed by atoms with Gasteiger partial charge in [-0.1, -0.05) is 61.0 Å². The highest BCUT2D eigenvalue weighted by Crippen LogP contribution is 2.21. The van der Waals surface area contributed by atoms with Gasteiger partial charge in [0.25, 0.3) is 0 Å². The number of halogens is 2. The van der Waals surface area contributed by atoms with Crippen molar-refractivity contribution in [3.63, 3.8) is 0 Å². The molecule has 0 unspecified atom stereocenters. The fraction of sp³-hybridized carbons (Fsp3) is 0.333. The summed E-state index contributed by atoms with van der Waals surface area (Å²) in [7, 11) is -3.68. The summed E-state index contributed by atoms with van der Waals surface area (Å²) in [6.45, 7) is 2.61. The number of sulfonamides is 1. The van der Waals surface area contributed by atoms with E-state index in [1.165, 1.54) is 24.3 Å². The average Bonchev–Trinajstić information content (AvgIpc) is 2.92. The third kappa shape index (κ3) is 9.34. The van der Waals surface area contributed by atoms with Crippen LogP contribution in [0.25, 0.3) is 0 Å². The standard InChI is InChI=1S/C30H35ClFN3O4S/c1-3-18-33-30(37)28(21-23-9-5-4-6-10-23)34(22-24-11-7-12-25(31)20-24)29(36)13-8-19-35(40(2,38)39)27-16-14-26(32)15-17-27/h4-7,9-12,14-17,20,28H,3,8,13,18-19,21-22H2,1-2H3,(H,33,37)/t28-/m0/s1. The molecule has 0 saturated heterocycles. The molecule has 10 heteroatoms. The van der Waals surface area contributed by atoms with Crippen LogP contribution < -0.4 is 9.62 Å². The second-order valence-corrected chi connectivity index (χ2v) is 11.9. The van der Waals surface area contributed by atoms with Crippen molar-refractivity contribution >= 4 is 39.1 Å². The molecular weight excluding hydrogens is 553 g/mol. The van der Waals surface area contributed by atoms with Crippen molar-refractivity contribution in [3.8, 4) is 0 Å². The molecule has 2 amide bonds. The predicted octanol–water partition coefficient (Wildman–Crippen LogP) is 5.19. The van der Waals surface area contributed by atoms with Crippen LogP contribution in [0.15, 0.2) is 78.9 Å². The van der Waals surface area contributed by atoms with Crippen molar-refractivity contribution in [3.05, 3.63) is 101 Å². The molecule has 7 nitrogen and oxygen atoms in total. The molecule has 3 rings (SSSR count). The maximum Gasteiger partial charge on any atom is 0.243 e. The predicted molar refractivity (Wildman–Crippen MR) is 157 cm³/mol. The smallest absolute Gasteiger partial charge is 0.243 e. The lowest BCUT2D eigenvalue weighted by Gasteiger charge is -2.32. The topological polar surface area (TPSA) is 86.8 Å². The van der Waals surface area contributed by atoms with Crippen molar-refractivity contribution in [2.75, 3.05) is 23.7 Å². The Morgan fingerprint density at radius 1 is 0.975 bits per heavy atom. The molecular formula is C30H35ClFN3O4S. The van der Waals surface area contributed by atoms with Crippen LogP contribution in [0.3, 0.4) is 0 Å². The van der Waals surface area contributed by atoms with Gasteiger partial charge >= 0.3 is 0 Å². The lowest BCUT2D eigenvalue weighted by Crippen LogP contribution is -2.50. The lowest BCUT2D eigenvalue weighted by atomic mass is 10.0. The maximum absolute atomic E-state index is 13.8. The van der Waals surface area contributed by atoms with Crippen LogP contribution in [0.2, 0.25) is 5.02 Å². The van der Waals surface area contributed by atoms with Gasteiger partial charge in [-0.15, -0.1) is 0 Å². The third-order valence-electron chi connectivity index (χ3n) is 6.33. The quantitative estimate of drug-likeness (QED) is 0.281. The maximum atomic E-state index is 13.8. The lowest BCUT2D eigenvalue weighted by molar-refractivity contribution is -0.141. The molecule has 0 aliphatic rings. The first-order valence-electron chi connectivity index (χ1n) is 13.2. The van der Waals surface area contributed by atoms with E-state index in [1.54, 1.807) is 23.1 Å². The number of nitrogens with zero attached hydrogens (tertiary/aromatic N) is 2. The monoisotopic (exact) mass is 587 g/mol. The van der Waals surface area contributed by atoms with E-state index in [0.29, 0.717) is 23.7 Å². The highest BCUT2D eigenvalue weighted by Gasteiger charge is 2.30. The molecule has 40 heavy (non-hydrogen) atoms. The zero-order valence-corrected chi connectivity index (χ0v) is 24.3. The Balaban J connectivity index is 1.86. The summed E-state index contributed by atoms with van der Waals surface area (Å²) in [6.07, 6.45) is 2.33. The van der Waals surface area contributed by atoms with E-state index in [4.69, 9.17) is 11.6 Å². The highest BCUT2D eigenvalue weighted by molar-refractivity contribution is 7.92. The summed E-state index contributed by atoms with van der Waals surface area (Å²) in [5.74, 6) is -1.03. The van der Waals surface area contributed by atoms with E-state index in [0.717, 1.165) is 28.1 Å². The molecule has 0 aliphatic heterocycles. The number of carbonyl (C=O) groups excluding carboxylic acids is 2. The van der Waals surface area contributed by atoms with Gasteiger partial charge in [-0.3, -0.25) is 13.9 Å². The Labute approximate surface area is 241 Å². The summed E-state index contributed by atoms with van der Waals surface area (Å²) in [5.41, 5.74) is 1.99. The number of anilines is 1. The Kier molecular flexibility index (Phi) is 11.5. The molecule has 0 saturated carbocycles. The molecule has 214 valence electrons. The molecule has 0 aliphatic carbocycles. The van der Waals surface area contributed by atoms with Crippen molar-refractivity contribution in [2.45, 2.75) is 45.2 Å². The van der Waals surface area contributed by atoms with Crippen LogP contribution in [0.4, 0.5) is 10.1 Å². The summed E-state index contributed by atoms with van der Waals surface area (Å²) in [4.78, 5) is 28.7. The SMILES string of the molecule is CCCNC(=O)[C@H](Cc1ccccc1)N(Cc1cccc(Cl)c1)C(=O)CCCN(c1ccc(F)cc1)S(C)(=O)=O. The van der Waals surface area contributed by atoms with Gasteiger partial charge in [0.2, 0.25) is 21.8 Å². The molecule has 0 radical (unpaired) electrons. The van der Waals surface area contributed by atoms with Crippen molar-refractivity contribution in [1.82, 2.24) is 10.2 Å². The summed E-state index contributed by atoms with van der Waals surface area (Å²) in [5, 5.41) is 3.45. The minimum absolute atomic E-state index is 0.000127. The zero-order valence-electron chi connectivity index (χ0n) is 22.7. The van der Waals surface area contributed by atoms with Crippen LogP contribution >= 0.6 is 11.6 Å². The number of carbonyl (C=O) groups is 2. The van der Waals surface area contributed by atoms with Crippen LogP contribution in [0, 0.1) is 5.82 Å². The molecule has 1 N–H and O–H groups in total. The number of hydrogen-bond donors (Lipinski definition) is 1. The second-order valence-electron chi connectivity index (χ2n) is 9.56. The molecule has 0 fully saturated rings. The molecule has 3 aromatic rings. The molecule has 0 spiro atoms. The summed E-state index contributed by atoms with van der Waals surface area (Å²) < 4.78 is 39.5. The van der Waals surface area contributed by atoms with Crippen LogP contribution in [0.5, 0.6) is 0 Å². The van der Waals surface area contributed by atoms with Gasteiger partial charge in [-0.05, 0) is 60.4 Å². The van der Waals surface area contributed by atoms with Gasteiger partial charge in [-0.2, -0.15) is 0 Å². The van der Waals surface area contributed by atoms with E-state index < -0.39 is 21.9 Å². The average molecular weight is 588 g/mol. The molecule has 0 bridgehead atoms. The number of benzene rings is 3. The van der Waals surface area contributed by atoms with E-state index in [9.17, 15) is 22.4 Å². The first-order chi connectivity index (χ1) is 19.1.